The maximum atomic E-state index is 9.12. The predicted molar refractivity (Wildman–Crippen MR) is 57.3 cm³/mol. The smallest absolute Gasteiger partial charge is 0.0590 e. The average molecular weight is 201 g/mol. The molecule has 84 valence electrons. The minimum absolute atomic E-state index is 0.359. The van der Waals surface area contributed by atoms with Gasteiger partial charge < -0.3 is 15.2 Å². The monoisotopic (exact) mass is 201 g/mol. The lowest BCUT2D eigenvalue weighted by Gasteiger charge is -2.17. The highest BCUT2D eigenvalue weighted by Crippen LogP contribution is 2.30. The molecule has 14 heavy (non-hydrogen) atoms. The van der Waals surface area contributed by atoms with E-state index in [4.69, 9.17) is 9.84 Å². The summed E-state index contributed by atoms with van der Waals surface area (Å²) in [7, 11) is 0. The van der Waals surface area contributed by atoms with Gasteiger partial charge in [-0.15, -0.1) is 0 Å². The van der Waals surface area contributed by atoms with E-state index in [9.17, 15) is 0 Å². The number of nitrogens with one attached hydrogen (secondary N) is 1. The molecule has 2 unspecified atom stereocenters. The van der Waals surface area contributed by atoms with Crippen LogP contribution in [0.25, 0.3) is 0 Å². The summed E-state index contributed by atoms with van der Waals surface area (Å²) in [6.45, 7) is 5.94. The second-order valence-corrected chi connectivity index (χ2v) is 4.03. The second kappa shape index (κ2) is 7.21. The van der Waals surface area contributed by atoms with Gasteiger partial charge in [0.25, 0.3) is 0 Å². The van der Waals surface area contributed by atoms with E-state index < -0.39 is 0 Å². The highest BCUT2D eigenvalue weighted by atomic mass is 16.5. The molecule has 1 rings (SSSR count). The SMILES string of the molecule is CCOCCNCC1CCCC1CO. The summed E-state index contributed by atoms with van der Waals surface area (Å²) in [6, 6.07) is 0. The Labute approximate surface area is 86.8 Å². The van der Waals surface area contributed by atoms with Crippen molar-refractivity contribution in [3.63, 3.8) is 0 Å². The molecule has 0 heterocycles. The van der Waals surface area contributed by atoms with E-state index >= 15 is 0 Å². The number of rotatable bonds is 7. The molecule has 2 atom stereocenters. The molecule has 0 bridgehead atoms. The summed E-state index contributed by atoms with van der Waals surface area (Å²) < 4.78 is 5.24. The van der Waals surface area contributed by atoms with Crippen LogP contribution >= 0.6 is 0 Å². The first kappa shape index (κ1) is 12.0. The van der Waals surface area contributed by atoms with Gasteiger partial charge in [0.1, 0.15) is 0 Å². The molecule has 1 fully saturated rings. The molecule has 1 aliphatic rings. The lowest BCUT2D eigenvalue weighted by Crippen LogP contribution is -2.29. The van der Waals surface area contributed by atoms with Crippen LogP contribution in [-0.4, -0.2) is 38.0 Å². The van der Waals surface area contributed by atoms with E-state index in [0.29, 0.717) is 18.4 Å². The van der Waals surface area contributed by atoms with Crippen LogP contribution in [-0.2, 0) is 4.74 Å². The lowest BCUT2D eigenvalue weighted by atomic mass is 9.97. The van der Waals surface area contributed by atoms with Gasteiger partial charge in [0.15, 0.2) is 0 Å². The van der Waals surface area contributed by atoms with E-state index in [1.165, 1.54) is 19.3 Å². The number of aliphatic hydroxyl groups excluding tert-OH is 1. The molecule has 3 heteroatoms. The zero-order chi connectivity index (χ0) is 10.2. The van der Waals surface area contributed by atoms with Crippen LogP contribution in [0.3, 0.4) is 0 Å². The van der Waals surface area contributed by atoms with E-state index in [0.717, 1.165) is 26.3 Å². The Morgan fingerprint density at radius 1 is 1.36 bits per heavy atom. The van der Waals surface area contributed by atoms with E-state index in [-0.39, 0.29) is 0 Å². The molecule has 2 N–H and O–H groups in total. The van der Waals surface area contributed by atoms with Crippen molar-refractivity contribution in [1.29, 1.82) is 0 Å². The van der Waals surface area contributed by atoms with Gasteiger partial charge >= 0.3 is 0 Å². The molecule has 1 saturated carbocycles. The van der Waals surface area contributed by atoms with Crippen LogP contribution in [0, 0.1) is 11.8 Å². The summed E-state index contributed by atoms with van der Waals surface area (Å²) in [5.74, 6) is 1.22. The Bertz CT molecular complexity index is 141. The number of ether oxygens (including phenoxy) is 1. The molecule has 0 aliphatic heterocycles. The van der Waals surface area contributed by atoms with Crippen molar-refractivity contribution in [3.05, 3.63) is 0 Å². The molecular formula is C11H23NO2. The molecule has 0 spiro atoms. The fourth-order valence-corrected chi connectivity index (χ4v) is 2.20. The number of hydrogen-bond acceptors (Lipinski definition) is 3. The average Bonchev–Trinajstić information content (AvgIpc) is 2.65. The van der Waals surface area contributed by atoms with Crippen molar-refractivity contribution in [2.45, 2.75) is 26.2 Å². The molecule has 0 radical (unpaired) electrons. The highest BCUT2D eigenvalue weighted by Gasteiger charge is 2.25. The van der Waals surface area contributed by atoms with Crippen molar-refractivity contribution < 1.29 is 9.84 Å². The van der Waals surface area contributed by atoms with Gasteiger partial charge in [-0.05, 0) is 38.1 Å². The Balaban J connectivity index is 2.00. The fraction of sp³-hybridized carbons (Fsp3) is 1.00. The van der Waals surface area contributed by atoms with Gasteiger partial charge in [0.2, 0.25) is 0 Å². The van der Waals surface area contributed by atoms with Crippen LogP contribution in [0.4, 0.5) is 0 Å². The molecule has 0 saturated heterocycles. The Morgan fingerprint density at radius 3 is 2.86 bits per heavy atom. The summed E-state index contributed by atoms with van der Waals surface area (Å²) >= 11 is 0. The molecule has 0 aromatic carbocycles. The van der Waals surface area contributed by atoms with Gasteiger partial charge in [-0.2, -0.15) is 0 Å². The maximum absolute atomic E-state index is 9.12. The summed E-state index contributed by atoms with van der Waals surface area (Å²) in [4.78, 5) is 0. The number of hydrogen-bond donors (Lipinski definition) is 2. The first-order chi connectivity index (χ1) is 6.88. The molecule has 0 aromatic heterocycles. The van der Waals surface area contributed by atoms with Gasteiger partial charge in [-0.1, -0.05) is 6.42 Å². The first-order valence-electron chi connectivity index (χ1n) is 5.77. The first-order valence-corrected chi connectivity index (χ1v) is 5.77. The normalized spacial score (nSPS) is 27.0. The minimum atomic E-state index is 0.359. The van der Waals surface area contributed by atoms with Crippen molar-refractivity contribution in [1.82, 2.24) is 5.32 Å². The Kier molecular flexibility index (Phi) is 6.15. The maximum Gasteiger partial charge on any atom is 0.0590 e. The molecule has 0 aromatic rings. The van der Waals surface area contributed by atoms with E-state index in [2.05, 4.69) is 5.32 Å². The van der Waals surface area contributed by atoms with Crippen molar-refractivity contribution >= 4 is 0 Å². The highest BCUT2D eigenvalue weighted by molar-refractivity contribution is 4.78. The second-order valence-electron chi connectivity index (χ2n) is 4.03. The molecule has 3 nitrogen and oxygen atoms in total. The Hall–Kier alpha value is -0.120. The molecule has 0 amide bonds. The zero-order valence-corrected chi connectivity index (χ0v) is 9.17. The third-order valence-corrected chi connectivity index (χ3v) is 3.08. The quantitative estimate of drug-likeness (QED) is 0.604. The fourth-order valence-electron chi connectivity index (χ4n) is 2.20. The van der Waals surface area contributed by atoms with Gasteiger partial charge in [0.05, 0.1) is 6.61 Å². The van der Waals surface area contributed by atoms with Crippen molar-refractivity contribution in [2.24, 2.45) is 11.8 Å². The summed E-state index contributed by atoms with van der Waals surface area (Å²) in [5, 5.41) is 12.5. The third kappa shape index (κ3) is 3.95. The van der Waals surface area contributed by atoms with E-state index in [1.54, 1.807) is 0 Å². The van der Waals surface area contributed by atoms with Crippen LogP contribution < -0.4 is 5.32 Å². The predicted octanol–water partition coefficient (Wildman–Crippen LogP) is 1.02. The van der Waals surface area contributed by atoms with Crippen molar-refractivity contribution in [2.75, 3.05) is 32.9 Å². The van der Waals surface area contributed by atoms with E-state index in [1.807, 2.05) is 6.92 Å². The summed E-state index contributed by atoms with van der Waals surface area (Å²) in [5.41, 5.74) is 0. The van der Waals surface area contributed by atoms with Gasteiger partial charge in [-0.3, -0.25) is 0 Å². The zero-order valence-electron chi connectivity index (χ0n) is 9.17. The topological polar surface area (TPSA) is 41.5 Å². The standard InChI is InChI=1S/C11H23NO2/c1-2-14-7-6-12-8-10-4-3-5-11(10)9-13/h10-13H,2-9H2,1H3. The van der Waals surface area contributed by atoms with Crippen LogP contribution in [0.2, 0.25) is 0 Å². The van der Waals surface area contributed by atoms with Crippen LogP contribution in [0.1, 0.15) is 26.2 Å². The minimum Gasteiger partial charge on any atom is -0.396 e. The van der Waals surface area contributed by atoms with Gasteiger partial charge in [0, 0.05) is 19.8 Å². The number of aliphatic hydroxyl groups is 1. The lowest BCUT2D eigenvalue weighted by molar-refractivity contribution is 0.145. The largest absolute Gasteiger partial charge is 0.396 e. The van der Waals surface area contributed by atoms with Crippen LogP contribution in [0.5, 0.6) is 0 Å². The summed E-state index contributed by atoms with van der Waals surface area (Å²) in [6.07, 6.45) is 3.75. The van der Waals surface area contributed by atoms with Crippen molar-refractivity contribution in [3.8, 4) is 0 Å². The third-order valence-electron chi connectivity index (χ3n) is 3.08. The van der Waals surface area contributed by atoms with Gasteiger partial charge in [-0.25, -0.2) is 0 Å². The van der Waals surface area contributed by atoms with Crippen LogP contribution in [0.15, 0.2) is 0 Å². The molecular weight excluding hydrogens is 178 g/mol. The molecule has 1 aliphatic carbocycles. The Morgan fingerprint density at radius 2 is 2.14 bits per heavy atom.